The fraction of sp³-hybridized carbons (Fsp3) is 1.00. The van der Waals surface area contributed by atoms with Crippen molar-refractivity contribution >= 4 is 0 Å². The van der Waals surface area contributed by atoms with Crippen LogP contribution in [0.25, 0.3) is 0 Å². The topological polar surface area (TPSA) is 146 Å². The number of nitrogens with two attached hydrogens (primary N) is 1. The van der Waals surface area contributed by atoms with E-state index >= 15 is 0 Å². The van der Waals surface area contributed by atoms with Crippen molar-refractivity contribution in [1.82, 2.24) is 0 Å². The predicted molar refractivity (Wildman–Crippen MR) is 54.8 cm³/mol. The van der Waals surface area contributed by atoms with E-state index in [1.807, 2.05) is 0 Å². The van der Waals surface area contributed by atoms with Gasteiger partial charge in [0.1, 0.15) is 24.4 Å². The number of hydrogen-bond acceptors (Lipinski definition) is 8. The highest BCUT2D eigenvalue weighted by molar-refractivity contribution is 4.91. The van der Waals surface area contributed by atoms with Gasteiger partial charge in [-0.05, 0) is 0 Å². The molecular weight excluding hydrogens is 234 g/mol. The summed E-state index contributed by atoms with van der Waals surface area (Å²) < 4.78 is 10.2. The maximum atomic E-state index is 9.58. The first-order valence-corrected chi connectivity index (χ1v) is 5.29. The number of aliphatic hydroxyl groups is 5. The quantitative estimate of drug-likeness (QED) is 0.292. The Morgan fingerprint density at radius 3 is 2.41 bits per heavy atom. The van der Waals surface area contributed by atoms with Gasteiger partial charge in [-0.2, -0.15) is 0 Å². The van der Waals surface area contributed by atoms with Gasteiger partial charge in [-0.3, -0.25) is 0 Å². The highest BCUT2D eigenvalue weighted by Gasteiger charge is 2.43. The van der Waals surface area contributed by atoms with Crippen molar-refractivity contribution < 1.29 is 35.0 Å². The van der Waals surface area contributed by atoms with Gasteiger partial charge in [0, 0.05) is 0 Å². The second kappa shape index (κ2) is 6.57. The van der Waals surface area contributed by atoms with Gasteiger partial charge in [-0.25, -0.2) is 0 Å². The van der Waals surface area contributed by atoms with E-state index in [-0.39, 0.29) is 6.61 Å². The second-order valence-corrected chi connectivity index (χ2v) is 3.95. The van der Waals surface area contributed by atoms with E-state index in [0.29, 0.717) is 0 Å². The van der Waals surface area contributed by atoms with Gasteiger partial charge in [0.2, 0.25) is 0 Å². The monoisotopic (exact) mass is 253 g/mol. The Labute approximate surface area is 98.2 Å². The van der Waals surface area contributed by atoms with Crippen LogP contribution < -0.4 is 5.73 Å². The summed E-state index contributed by atoms with van der Waals surface area (Å²) in [6.45, 7) is -1.19. The summed E-state index contributed by atoms with van der Waals surface area (Å²) in [7, 11) is 0. The van der Waals surface area contributed by atoms with Crippen LogP contribution in [0.1, 0.15) is 0 Å². The Kier molecular flexibility index (Phi) is 5.70. The Hall–Kier alpha value is -0.320. The molecule has 0 saturated carbocycles. The molecule has 0 aromatic carbocycles. The number of hydrogen-bond donors (Lipinski definition) is 6. The minimum Gasteiger partial charge on any atom is -0.394 e. The van der Waals surface area contributed by atoms with Crippen LogP contribution in [0.4, 0.5) is 0 Å². The lowest BCUT2D eigenvalue weighted by Crippen LogP contribution is -2.62. The minimum atomic E-state index is -1.29. The summed E-state index contributed by atoms with van der Waals surface area (Å²) in [5, 5.41) is 45.7. The number of rotatable bonds is 5. The molecule has 0 amide bonds. The molecule has 1 aliphatic rings. The van der Waals surface area contributed by atoms with Gasteiger partial charge in [0.05, 0.1) is 25.9 Å². The Morgan fingerprint density at radius 1 is 1.24 bits per heavy atom. The lowest BCUT2D eigenvalue weighted by atomic mass is 9.98. The van der Waals surface area contributed by atoms with E-state index < -0.39 is 50.0 Å². The van der Waals surface area contributed by atoms with Crippen LogP contribution in [0, 0.1) is 0 Å². The van der Waals surface area contributed by atoms with Crippen molar-refractivity contribution in [2.45, 2.75) is 36.7 Å². The maximum absolute atomic E-state index is 9.58. The molecule has 0 radical (unpaired) electrons. The fourth-order valence-electron chi connectivity index (χ4n) is 1.51. The van der Waals surface area contributed by atoms with Crippen molar-refractivity contribution in [2.24, 2.45) is 5.73 Å². The molecule has 7 N–H and O–H groups in total. The first-order chi connectivity index (χ1) is 8.01. The molecule has 0 unspecified atom stereocenters. The average Bonchev–Trinajstić information content (AvgIpc) is 2.34. The molecule has 0 aromatic heterocycles. The van der Waals surface area contributed by atoms with Crippen molar-refractivity contribution in [3.8, 4) is 0 Å². The molecule has 17 heavy (non-hydrogen) atoms. The molecule has 6 atom stereocenters. The molecule has 0 bridgehead atoms. The maximum Gasteiger partial charge on any atom is 0.175 e. The van der Waals surface area contributed by atoms with E-state index in [1.165, 1.54) is 0 Å². The zero-order chi connectivity index (χ0) is 13.0. The normalized spacial score (nSPS) is 40.2. The summed E-state index contributed by atoms with van der Waals surface area (Å²) in [6, 6.07) is -1.00. The van der Waals surface area contributed by atoms with Crippen molar-refractivity contribution in [3.05, 3.63) is 0 Å². The second-order valence-electron chi connectivity index (χ2n) is 3.95. The molecule has 8 nitrogen and oxygen atoms in total. The molecule has 1 saturated heterocycles. The Balaban J connectivity index is 2.53. The van der Waals surface area contributed by atoms with E-state index in [0.717, 1.165) is 0 Å². The molecule has 1 heterocycles. The summed E-state index contributed by atoms with van der Waals surface area (Å²) in [4.78, 5) is 0. The van der Waals surface area contributed by atoms with Gasteiger partial charge in [-0.1, -0.05) is 0 Å². The largest absolute Gasteiger partial charge is 0.394 e. The Bertz CT molecular complexity index is 227. The van der Waals surface area contributed by atoms with Crippen LogP contribution in [0.5, 0.6) is 0 Å². The molecule has 1 rings (SSSR count). The highest BCUT2D eigenvalue weighted by atomic mass is 16.7. The molecular formula is C9H19NO7. The van der Waals surface area contributed by atoms with Crippen molar-refractivity contribution in [2.75, 3.05) is 19.8 Å². The van der Waals surface area contributed by atoms with Crippen LogP contribution in [0.3, 0.4) is 0 Å². The van der Waals surface area contributed by atoms with Crippen LogP contribution in [0.15, 0.2) is 0 Å². The van der Waals surface area contributed by atoms with E-state index in [9.17, 15) is 10.2 Å². The Morgan fingerprint density at radius 2 is 1.88 bits per heavy atom. The third kappa shape index (κ3) is 3.57. The number of aliphatic hydroxyl groups excluding tert-OH is 5. The molecule has 102 valence electrons. The molecule has 1 fully saturated rings. The smallest absolute Gasteiger partial charge is 0.175 e. The lowest BCUT2D eigenvalue weighted by molar-refractivity contribution is -0.270. The van der Waals surface area contributed by atoms with E-state index in [2.05, 4.69) is 0 Å². The fourth-order valence-corrected chi connectivity index (χ4v) is 1.51. The van der Waals surface area contributed by atoms with Gasteiger partial charge in [0.25, 0.3) is 0 Å². The van der Waals surface area contributed by atoms with Crippen molar-refractivity contribution in [3.63, 3.8) is 0 Å². The summed E-state index contributed by atoms with van der Waals surface area (Å²) in [5.74, 6) is 0. The molecule has 0 aliphatic carbocycles. The van der Waals surface area contributed by atoms with Gasteiger partial charge >= 0.3 is 0 Å². The van der Waals surface area contributed by atoms with Crippen LogP contribution >= 0.6 is 0 Å². The van der Waals surface area contributed by atoms with E-state index in [4.69, 9.17) is 30.5 Å². The number of ether oxygens (including phenoxy) is 2. The summed E-state index contributed by atoms with van der Waals surface area (Å²) in [6.07, 6.45) is -5.73. The molecule has 8 heteroatoms. The third-order valence-electron chi connectivity index (χ3n) is 2.59. The zero-order valence-corrected chi connectivity index (χ0v) is 9.22. The predicted octanol–water partition coefficient (Wildman–Crippen LogP) is -3.88. The molecule has 0 aromatic rings. The standard InChI is InChI=1S/C9H19NO7/c10-6-8(15)7(14)5(2-12)17-9(6)16-3-4(13)1-11/h4-9,11-15H,1-3,10H2/t4-,5-,6-,7-,8-,9-/m1/s1. The van der Waals surface area contributed by atoms with Crippen LogP contribution in [-0.4, -0.2) is 82.1 Å². The minimum absolute atomic E-state index is 0.226. The van der Waals surface area contributed by atoms with Crippen molar-refractivity contribution in [1.29, 1.82) is 0 Å². The molecule has 1 aliphatic heterocycles. The summed E-state index contributed by atoms with van der Waals surface area (Å²) >= 11 is 0. The zero-order valence-electron chi connectivity index (χ0n) is 9.22. The highest BCUT2D eigenvalue weighted by Crippen LogP contribution is 2.20. The van der Waals surface area contributed by atoms with Gasteiger partial charge in [-0.15, -0.1) is 0 Å². The lowest BCUT2D eigenvalue weighted by Gasteiger charge is -2.40. The summed E-state index contributed by atoms with van der Waals surface area (Å²) in [5.41, 5.74) is 5.57. The van der Waals surface area contributed by atoms with Gasteiger partial charge < -0.3 is 40.7 Å². The SMILES string of the molecule is N[C@H]1[C@H](OC[C@H](O)CO)O[C@H](CO)[C@@H](O)[C@@H]1O. The third-order valence-corrected chi connectivity index (χ3v) is 2.59. The first kappa shape index (κ1) is 14.7. The molecule has 0 spiro atoms. The van der Waals surface area contributed by atoms with Crippen LogP contribution in [0.2, 0.25) is 0 Å². The van der Waals surface area contributed by atoms with Crippen LogP contribution in [-0.2, 0) is 9.47 Å². The van der Waals surface area contributed by atoms with E-state index in [1.54, 1.807) is 0 Å². The first-order valence-electron chi connectivity index (χ1n) is 5.29. The van der Waals surface area contributed by atoms with Gasteiger partial charge in [0.15, 0.2) is 6.29 Å². The average molecular weight is 253 g/mol.